The third kappa shape index (κ3) is 2.60. The van der Waals surface area contributed by atoms with Gasteiger partial charge in [-0.15, -0.1) is 0 Å². The Morgan fingerprint density at radius 1 is 1.47 bits per heavy atom. The van der Waals surface area contributed by atoms with Gasteiger partial charge in [0.25, 0.3) is 0 Å². The molecule has 0 N–H and O–H groups in total. The fourth-order valence-electron chi connectivity index (χ4n) is 1.04. The molecule has 0 bridgehead atoms. The van der Waals surface area contributed by atoms with Crippen LogP contribution in [0.3, 0.4) is 0 Å². The van der Waals surface area contributed by atoms with Gasteiger partial charge in [0.15, 0.2) is 5.75 Å². The number of hydrogen-bond acceptors (Lipinski definition) is 3. The summed E-state index contributed by atoms with van der Waals surface area (Å²) in [6.07, 6.45) is 4.95. The van der Waals surface area contributed by atoms with E-state index in [2.05, 4.69) is 32.7 Å². The summed E-state index contributed by atoms with van der Waals surface area (Å²) in [6.45, 7) is 0. The molecule has 0 saturated heterocycles. The lowest BCUT2D eigenvalue weighted by Crippen LogP contribution is -1.90. The van der Waals surface area contributed by atoms with Crippen molar-refractivity contribution < 1.29 is 4.74 Å². The van der Waals surface area contributed by atoms with Crippen molar-refractivity contribution in [1.82, 2.24) is 14.8 Å². The predicted octanol–water partition coefficient (Wildman–Crippen LogP) is 2.87. The number of pyridine rings is 1. The molecule has 2 aromatic rings. The van der Waals surface area contributed by atoms with Gasteiger partial charge in [0.05, 0.1) is 21.0 Å². The molecule has 2 aromatic heterocycles. The fourth-order valence-corrected chi connectivity index (χ4v) is 1.97. The monoisotopic (exact) mass is 335 g/mol. The van der Waals surface area contributed by atoms with Crippen molar-refractivity contribution in [1.29, 1.82) is 0 Å². The Hall–Kier alpha value is -0.820. The highest BCUT2D eigenvalue weighted by Crippen LogP contribution is 2.25. The van der Waals surface area contributed by atoms with E-state index in [0.717, 1.165) is 3.57 Å². The van der Waals surface area contributed by atoms with Crippen molar-refractivity contribution in [2.75, 3.05) is 0 Å². The molecule has 0 radical (unpaired) electrons. The average molecular weight is 336 g/mol. The molecule has 6 heteroatoms. The van der Waals surface area contributed by atoms with Crippen LogP contribution in [-0.2, 0) is 7.05 Å². The molecule has 0 aromatic carbocycles. The molecular weight excluding hydrogens is 328 g/mol. The highest BCUT2D eigenvalue weighted by Gasteiger charge is 2.06. The first-order valence-electron chi connectivity index (χ1n) is 4.13. The summed E-state index contributed by atoms with van der Waals surface area (Å²) in [5, 5.41) is 4.59. The summed E-state index contributed by atoms with van der Waals surface area (Å²) in [4.78, 5) is 4.08. The number of rotatable bonds is 2. The average Bonchev–Trinajstić information content (AvgIpc) is 2.56. The van der Waals surface area contributed by atoms with Crippen LogP contribution in [0.2, 0.25) is 5.02 Å². The third-order valence-electron chi connectivity index (χ3n) is 1.67. The van der Waals surface area contributed by atoms with Crippen LogP contribution in [0.25, 0.3) is 0 Å². The minimum atomic E-state index is 0.535. The molecule has 0 unspecified atom stereocenters. The zero-order valence-corrected chi connectivity index (χ0v) is 10.7. The molecule has 0 atom stereocenters. The lowest BCUT2D eigenvalue weighted by molar-refractivity contribution is 0.458. The molecule has 0 aliphatic carbocycles. The molecule has 0 aliphatic heterocycles. The Balaban J connectivity index is 2.24. The van der Waals surface area contributed by atoms with Crippen molar-refractivity contribution in [3.63, 3.8) is 0 Å². The molecule has 15 heavy (non-hydrogen) atoms. The minimum absolute atomic E-state index is 0.535. The minimum Gasteiger partial charge on any atom is -0.435 e. The zero-order valence-electron chi connectivity index (χ0n) is 7.82. The van der Waals surface area contributed by atoms with Crippen molar-refractivity contribution >= 4 is 34.2 Å². The third-order valence-corrected chi connectivity index (χ3v) is 2.65. The van der Waals surface area contributed by atoms with Gasteiger partial charge in [-0.2, -0.15) is 5.10 Å². The molecule has 0 spiro atoms. The van der Waals surface area contributed by atoms with Crippen LogP contribution < -0.4 is 4.74 Å². The Labute approximate surface area is 105 Å². The van der Waals surface area contributed by atoms with E-state index < -0.39 is 0 Å². The van der Waals surface area contributed by atoms with E-state index in [1.165, 1.54) is 0 Å². The van der Waals surface area contributed by atoms with Crippen LogP contribution in [0.1, 0.15) is 0 Å². The van der Waals surface area contributed by atoms with Crippen molar-refractivity contribution in [2.45, 2.75) is 0 Å². The summed E-state index contributed by atoms with van der Waals surface area (Å²) in [7, 11) is 1.83. The summed E-state index contributed by atoms with van der Waals surface area (Å²) in [5.41, 5.74) is 0. The first-order chi connectivity index (χ1) is 7.15. The molecule has 2 heterocycles. The van der Waals surface area contributed by atoms with Gasteiger partial charge in [0.2, 0.25) is 5.88 Å². The van der Waals surface area contributed by atoms with Gasteiger partial charge in [0, 0.05) is 13.2 Å². The van der Waals surface area contributed by atoms with Gasteiger partial charge < -0.3 is 4.74 Å². The van der Waals surface area contributed by atoms with Crippen molar-refractivity contribution in [3.05, 3.63) is 33.2 Å². The summed E-state index contributed by atoms with van der Waals surface area (Å²) >= 11 is 7.91. The second kappa shape index (κ2) is 4.36. The van der Waals surface area contributed by atoms with Crippen LogP contribution in [-0.4, -0.2) is 14.8 Å². The Morgan fingerprint density at radius 2 is 2.27 bits per heavy atom. The van der Waals surface area contributed by atoms with E-state index in [0.29, 0.717) is 16.7 Å². The van der Waals surface area contributed by atoms with Gasteiger partial charge >= 0.3 is 0 Å². The molecule has 4 nitrogen and oxygen atoms in total. The van der Waals surface area contributed by atoms with E-state index >= 15 is 0 Å². The molecule has 0 aliphatic rings. The fraction of sp³-hybridized carbons (Fsp3) is 0.111. The number of halogens is 2. The quantitative estimate of drug-likeness (QED) is 0.792. The van der Waals surface area contributed by atoms with Gasteiger partial charge in [-0.25, -0.2) is 4.98 Å². The lowest BCUT2D eigenvalue weighted by atomic mass is 10.5. The summed E-state index contributed by atoms with van der Waals surface area (Å²) in [6, 6.07) is 1.79. The van der Waals surface area contributed by atoms with Crippen molar-refractivity contribution in [3.8, 4) is 11.6 Å². The lowest BCUT2D eigenvalue weighted by Gasteiger charge is -2.03. The number of aromatic nitrogens is 3. The van der Waals surface area contributed by atoms with Gasteiger partial charge in [0.1, 0.15) is 0 Å². The van der Waals surface area contributed by atoms with E-state index in [9.17, 15) is 0 Å². The second-order valence-corrected chi connectivity index (χ2v) is 4.49. The number of ether oxygens (including phenoxy) is 1. The van der Waals surface area contributed by atoms with E-state index in [4.69, 9.17) is 16.3 Å². The Morgan fingerprint density at radius 3 is 2.87 bits per heavy atom. The van der Waals surface area contributed by atoms with Crippen molar-refractivity contribution in [2.24, 2.45) is 7.05 Å². The van der Waals surface area contributed by atoms with Crippen LogP contribution in [0.4, 0.5) is 0 Å². The van der Waals surface area contributed by atoms with Crippen LogP contribution in [0.5, 0.6) is 11.6 Å². The molecule has 0 fully saturated rings. The molecular formula is C9H7ClIN3O. The molecule has 0 amide bonds. The number of aryl methyl sites for hydroxylation is 1. The first kappa shape index (κ1) is 10.7. The maximum atomic E-state index is 5.78. The zero-order chi connectivity index (χ0) is 10.8. The van der Waals surface area contributed by atoms with E-state index in [1.807, 2.05) is 7.05 Å². The molecule has 0 saturated carbocycles. The van der Waals surface area contributed by atoms with Gasteiger partial charge in [-0.1, -0.05) is 11.6 Å². The van der Waals surface area contributed by atoms with Crippen LogP contribution in [0.15, 0.2) is 24.7 Å². The maximum Gasteiger partial charge on any atom is 0.232 e. The standard InChI is InChI=1S/C9H7ClIN3O/c1-14-5-7(4-13-14)15-9-8(11)2-6(10)3-12-9/h2-5H,1H3. The van der Waals surface area contributed by atoms with E-state index in [-0.39, 0.29) is 0 Å². The highest BCUT2D eigenvalue weighted by atomic mass is 127. The maximum absolute atomic E-state index is 5.78. The summed E-state index contributed by atoms with van der Waals surface area (Å²) < 4.78 is 8.05. The topological polar surface area (TPSA) is 39.9 Å². The Bertz CT molecular complexity index is 486. The molecule has 2 rings (SSSR count). The van der Waals surface area contributed by atoms with Gasteiger partial charge in [-0.05, 0) is 28.7 Å². The first-order valence-corrected chi connectivity index (χ1v) is 5.58. The smallest absolute Gasteiger partial charge is 0.232 e. The highest BCUT2D eigenvalue weighted by molar-refractivity contribution is 14.1. The van der Waals surface area contributed by atoms with Crippen LogP contribution in [0, 0.1) is 3.57 Å². The molecule has 78 valence electrons. The normalized spacial score (nSPS) is 10.3. The Kier molecular flexibility index (Phi) is 3.11. The SMILES string of the molecule is Cn1cc(Oc2ncc(Cl)cc2I)cn1. The van der Waals surface area contributed by atoms with Crippen LogP contribution >= 0.6 is 34.2 Å². The number of hydrogen-bond donors (Lipinski definition) is 0. The van der Waals surface area contributed by atoms with E-state index in [1.54, 1.807) is 29.3 Å². The predicted molar refractivity (Wildman–Crippen MR) is 65.2 cm³/mol. The second-order valence-electron chi connectivity index (χ2n) is 2.89. The van der Waals surface area contributed by atoms with Gasteiger partial charge in [-0.3, -0.25) is 4.68 Å². The number of nitrogens with zero attached hydrogens (tertiary/aromatic N) is 3. The summed E-state index contributed by atoms with van der Waals surface area (Å²) in [5.74, 6) is 1.19. The largest absolute Gasteiger partial charge is 0.435 e.